The van der Waals surface area contributed by atoms with Crippen molar-refractivity contribution < 1.29 is 18.4 Å². The summed E-state index contributed by atoms with van der Waals surface area (Å²) in [5, 5.41) is 8.82. The number of carbonyl (C=O) groups excluding carboxylic acids is 2. The predicted octanol–water partition coefficient (Wildman–Crippen LogP) is 7.97. The van der Waals surface area contributed by atoms with Crippen LogP contribution in [0.1, 0.15) is 85.1 Å². The first-order valence-electron chi connectivity index (χ1n) is 14.0. The maximum absolute atomic E-state index is 15.2. The van der Waals surface area contributed by atoms with Crippen LogP contribution < -0.4 is 10.6 Å². The molecule has 2 N–H and O–H groups in total. The molecule has 0 spiro atoms. The molecule has 1 atom stereocenters. The maximum Gasteiger partial charge on any atom is 0.250 e. The Labute approximate surface area is 252 Å². The molecule has 0 saturated heterocycles. The van der Waals surface area contributed by atoms with Crippen molar-refractivity contribution in [3.05, 3.63) is 58.7 Å². The van der Waals surface area contributed by atoms with E-state index in [-0.39, 0.29) is 29.5 Å². The van der Waals surface area contributed by atoms with Crippen molar-refractivity contribution in [3.8, 4) is 11.5 Å². The highest BCUT2D eigenvalue weighted by Crippen LogP contribution is 2.37. The van der Waals surface area contributed by atoms with Crippen LogP contribution in [-0.4, -0.2) is 34.2 Å². The van der Waals surface area contributed by atoms with Gasteiger partial charge in [-0.1, -0.05) is 64.8 Å². The molecule has 224 valence electrons. The Morgan fingerprint density at radius 3 is 2.44 bits per heavy atom. The van der Waals surface area contributed by atoms with Crippen LogP contribution in [0.15, 0.2) is 45.7 Å². The lowest BCUT2D eigenvalue weighted by atomic mass is 9.90. The number of unbranched alkanes of at least 4 members (excludes halogenated alkanes) is 1. The van der Waals surface area contributed by atoms with Gasteiger partial charge >= 0.3 is 0 Å². The molecule has 3 rings (SSSR count). The summed E-state index contributed by atoms with van der Waals surface area (Å²) in [5.74, 6) is 0.963. The third-order valence-corrected chi connectivity index (χ3v) is 8.16. The highest BCUT2D eigenvalue weighted by molar-refractivity contribution is 7.99. The number of halogens is 2. The van der Waals surface area contributed by atoms with Crippen LogP contribution in [0.5, 0.6) is 0 Å². The van der Waals surface area contributed by atoms with E-state index in [9.17, 15) is 9.59 Å². The molecule has 0 radical (unpaired) electrons. The molecule has 0 fully saturated rings. The van der Waals surface area contributed by atoms with Gasteiger partial charge in [-0.15, -0.1) is 22.0 Å². The van der Waals surface area contributed by atoms with Crippen molar-refractivity contribution in [3.63, 3.8) is 0 Å². The number of thioether (sulfide) groups is 1. The SMILES string of the molecule is CCC(C)(C)c1nnc(-c2cc(N(C=O)Cc3ccc(Cl)cc3)c(SC[C@@H](C)N)cc2F)o1.CCCCC(=O)CC. The fraction of sp³-hybridized carbons (Fsp3) is 0.484. The number of rotatable bonds is 14. The largest absolute Gasteiger partial charge is 0.420 e. The summed E-state index contributed by atoms with van der Waals surface area (Å²) in [5.41, 5.74) is 7.14. The quantitative estimate of drug-likeness (QED) is 0.147. The van der Waals surface area contributed by atoms with Gasteiger partial charge in [-0.25, -0.2) is 4.39 Å². The molecule has 7 nitrogen and oxygen atoms in total. The number of nitrogens with two attached hydrogens (primary N) is 1. The smallest absolute Gasteiger partial charge is 0.250 e. The second-order valence-electron chi connectivity index (χ2n) is 10.6. The van der Waals surface area contributed by atoms with Gasteiger partial charge in [-0.2, -0.15) is 0 Å². The molecule has 10 heteroatoms. The van der Waals surface area contributed by atoms with Gasteiger partial charge in [0.25, 0.3) is 5.89 Å². The second-order valence-corrected chi connectivity index (χ2v) is 12.1. The minimum absolute atomic E-state index is 0.0753. The number of anilines is 1. The number of carbonyl (C=O) groups is 2. The molecule has 41 heavy (non-hydrogen) atoms. The zero-order valence-corrected chi connectivity index (χ0v) is 26.4. The fourth-order valence-corrected chi connectivity index (χ4v) is 4.62. The van der Waals surface area contributed by atoms with Crippen LogP contribution in [0.4, 0.5) is 10.1 Å². The molecule has 1 aromatic heterocycles. The molecule has 0 aliphatic rings. The van der Waals surface area contributed by atoms with Gasteiger partial charge in [0.2, 0.25) is 12.3 Å². The van der Waals surface area contributed by atoms with E-state index >= 15 is 4.39 Å². The molecule has 0 aliphatic heterocycles. The third-order valence-electron chi connectivity index (χ3n) is 6.57. The van der Waals surface area contributed by atoms with Crippen molar-refractivity contribution in [1.82, 2.24) is 10.2 Å². The van der Waals surface area contributed by atoms with E-state index in [0.29, 0.717) is 39.5 Å². The standard InChI is InChI=1S/C24H28ClFN4O2S.C7H14O/c1-5-24(3,4)23-29-28-22(32-23)18-10-20(21(11-19(18)26)33-13-15(2)27)30(14-31)12-16-6-8-17(25)9-7-16;1-3-5-6-7(8)4-2/h6-11,14-15H,5,12-13,27H2,1-4H3;3-6H2,1-2H3/t15-;/m1./s1. The maximum atomic E-state index is 15.2. The number of amides is 1. The molecule has 2 aromatic carbocycles. The Balaban J connectivity index is 0.000000642. The zero-order chi connectivity index (χ0) is 30.6. The highest BCUT2D eigenvalue weighted by atomic mass is 35.5. The van der Waals surface area contributed by atoms with Crippen molar-refractivity contribution in [1.29, 1.82) is 0 Å². The van der Waals surface area contributed by atoms with E-state index in [2.05, 4.69) is 17.1 Å². The van der Waals surface area contributed by atoms with E-state index < -0.39 is 5.82 Å². The lowest BCUT2D eigenvalue weighted by Gasteiger charge is -2.22. The first kappa shape index (κ1) is 34.5. The van der Waals surface area contributed by atoms with Gasteiger partial charge in [-0.05, 0) is 49.6 Å². The summed E-state index contributed by atoms with van der Waals surface area (Å²) >= 11 is 7.37. The van der Waals surface area contributed by atoms with Gasteiger partial charge in [-0.3, -0.25) is 9.59 Å². The number of hydrogen-bond donors (Lipinski definition) is 1. The Hall–Kier alpha value is -2.75. The van der Waals surface area contributed by atoms with Crippen LogP contribution in [0.2, 0.25) is 5.02 Å². The number of hydrogen-bond acceptors (Lipinski definition) is 7. The first-order chi connectivity index (χ1) is 19.4. The van der Waals surface area contributed by atoms with E-state index in [1.54, 1.807) is 18.2 Å². The Morgan fingerprint density at radius 2 is 1.88 bits per heavy atom. The van der Waals surface area contributed by atoms with Crippen molar-refractivity contribution in [2.24, 2.45) is 5.73 Å². The topological polar surface area (TPSA) is 102 Å². The van der Waals surface area contributed by atoms with Gasteiger partial charge < -0.3 is 15.1 Å². The highest BCUT2D eigenvalue weighted by Gasteiger charge is 2.27. The monoisotopic (exact) mass is 604 g/mol. The van der Waals surface area contributed by atoms with Crippen LogP contribution >= 0.6 is 23.4 Å². The van der Waals surface area contributed by atoms with Crippen molar-refractivity contribution in [2.45, 2.75) is 96.5 Å². The molecule has 0 aliphatic carbocycles. The Kier molecular flexibility index (Phi) is 14.0. The molecule has 0 saturated carbocycles. The van der Waals surface area contributed by atoms with Crippen LogP contribution in [-0.2, 0) is 21.5 Å². The number of benzene rings is 2. The number of Topliss-reactive ketones (excluding diaryl/α,β-unsaturated/α-hetero) is 1. The molecule has 0 unspecified atom stereocenters. The molecular formula is C31H42ClFN4O3S. The fourth-order valence-electron chi connectivity index (χ4n) is 3.54. The Morgan fingerprint density at radius 1 is 1.20 bits per heavy atom. The Bertz CT molecular complexity index is 1260. The zero-order valence-electron chi connectivity index (χ0n) is 24.9. The van der Waals surface area contributed by atoms with Gasteiger partial charge in [0.05, 0.1) is 17.8 Å². The molecule has 1 amide bonds. The average molecular weight is 605 g/mol. The molecule has 0 bridgehead atoms. The summed E-state index contributed by atoms with van der Waals surface area (Å²) in [6.07, 6.45) is 5.20. The minimum Gasteiger partial charge on any atom is -0.420 e. The average Bonchev–Trinajstić information content (AvgIpc) is 3.46. The van der Waals surface area contributed by atoms with Crippen molar-refractivity contribution in [2.75, 3.05) is 10.7 Å². The van der Waals surface area contributed by atoms with Gasteiger partial charge in [0.1, 0.15) is 11.6 Å². The summed E-state index contributed by atoms with van der Waals surface area (Å²) in [4.78, 5) is 24.8. The van der Waals surface area contributed by atoms with E-state index in [1.165, 1.54) is 22.7 Å². The minimum atomic E-state index is -0.507. The number of nitrogens with zero attached hydrogens (tertiary/aromatic N) is 3. The predicted molar refractivity (Wildman–Crippen MR) is 166 cm³/mol. The third kappa shape index (κ3) is 10.5. The molecule has 1 heterocycles. The lowest BCUT2D eigenvalue weighted by molar-refractivity contribution is -0.118. The number of ketones is 1. The van der Waals surface area contributed by atoms with Crippen LogP contribution in [0, 0.1) is 5.82 Å². The summed E-state index contributed by atoms with van der Waals surface area (Å²) < 4.78 is 21.0. The second kappa shape index (κ2) is 16.6. The van der Waals surface area contributed by atoms with Gasteiger partial charge in [0, 0.05) is 40.0 Å². The molecular weight excluding hydrogens is 563 g/mol. The summed E-state index contributed by atoms with van der Waals surface area (Å²) in [6.45, 7) is 12.2. The normalized spacial score (nSPS) is 11.9. The summed E-state index contributed by atoms with van der Waals surface area (Å²) in [7, 11) is 0. The number of aromatic nitrogens is 2. The molecule has 3 aromatic rings. The van der Waals surface area contributed by atoms with Crippen LogP contribution in [0.25, 0.3) is 11.5 Å². The van der Waals surface area contributed by atoms with E-state index in [4.69, 9.17) is 21.8 Å². The first-order valence-corrected chi connectivity index (χ1v) is 15.4. The van der Waals surface area contributed by atoms with Crippen LogP contribution in [0.3, 0.4) is 0 Å². The van der Waals surface area contributed by atoms with E-state index in [1.807, 2.05) is 46.8 Å². The van der Waals surface area contributed by atoms with Crippen molar-refractivity contribution >= 4 is 41.2 Å². The van der Waals surface area contributed by atoms with E-state index in [0.717, 1.165) is 37.7 Å². The lowest BCUT2D eigenvalue weighted by Crippen LogP contribution is -2.22. The van der Waals surface area contributed by atoms with Gasteiger partial charge in [0.15, 0.2) is 0 Å². The summed E-state index contributed by atoms with van der Waals surface area (Å²) in [6, 6.07) is 10.1.